The van der Waals surface area contributed by atoms with Gasteiger partial charge in [0.2, 0.25) is 0 Å². The summed E-state index contributed by atoms with van der Waals surface area (Å²) in [6, 6.07) is 11.0. The third kappa shape index (κ3) is 8.96. The molecule has 3 rings (SSSR count). The Morgan fingerprint density at radius 1 is 0.970 bits per heavy atom. The molecule has 0 atom stereocenters. The molecule has 2 saturated carbocycles. The van der Waals surface area contributed by atoms with Crippen LogP contribution in [0.2, 0.25) is 0 Å². The number of nitriles is 1. The molecule has 0 unspecified atom stereocenters. The van der Waals surface area contributed by atoms with Gasteiger partial charge in [-0.2, -0.15) is 9.65 Å². The molecule has 0 aliphatic heterocycles. The Balaban J connectivity index is 1.32. The van der Waals surface area contributed by atoms with Crippen LogP contribution in [-0.4, -0.2) is 0 Å². The lowest BCUT2D eigenvalue weighted by atomic mass is 9.76. The second-order valence-corrected chi connectivity index (χ2v) is 10.3. The van der Waals surface area contributed by atoms with Crippen molar-refractivity contribution >= 4 is 0 Å². The van der Waals surface area contributed by atoms with Crippen LogP contribution >= 0.6 is 0 Å². The molecule has 0 spiro atoms. The minimum Gasteiger partial charge on any atom is -0.195 e. The zero-order valence-corrected chi connectivity index (χ0v) is 20.5. The number of hydrogen-bond donors (Lipinski definition) is 0. The second-order valence-electron chi connectivity index (χ2n) is 10.3. The highest BCUT2D eigenvalue weighted by Crippen LogP contribution is 2.38. The molecule has 0 aromatic heterocycles. The van der Waals surface area contributed by atoms with Gasteiger partial charge in [0.25, 0.3) is 0 Å². The Morgan fingerprint density at radius 3 is 2.21 bits per heavy atom. The summed E-state index contributed by atoms with van der Waals surface area (Å²) < 4.78 is 12.8. The Kier molecular flexibility index (Phi) is 11.0. The fourth-order valence-corrected chi connectivity index (χ4v) is 5.58. The third-order valence-corrected chi connectivity index (χ3v) is 7.82. The van der Waals surface area contributed by atoms with Crippen LogP contribution in [0.4, 0.5) is 4.39 Å². The number of hydrogen-bond acceptors (Lipinski definition) is 1. The minimum absolute atomic E-state index is 0.719. The predicted molar refractivity (Wildman–Crippen MR) is 138 cm³/mol. The van der Waals surface area contributed by atoms with Gasteiger partial charge >= 0.3 is 0 Å². The SMILES string of the molecule is CCCCc1ccc(C2CCC(/C=C/C3CCC(CCC=CC=C(F)C#N)CC3)CC2)cc1. The molecular weight excluding hydrogens is 405 g/mol. The van der Waals surface area contributed by atoms with Crippen LogP contribution in [-0.2, 0) is 6.42 Å². The van der Waals surface area contributed by atoms with E-state index in [-0.39, 0.29) is 0 Å². The summed E-state index contributed by atoms with van der Waals surface area (Å²) in [5.41, 5.74) is 3.05. The first kappa shape index (κ1) is 25.5. The average molecular weight is 448 g/mol. The van der Waals surface area contributed by atoms with Crippen molar-refractivity contribution in [3.63, 3.8) is 0 Å². The van der Waals surface area contributed by atoms with Crippen LogP contribution in [0.25, 0.3) is 0 Å². The summed E-state index contributed by atoms with van der Waals surface area (Å²) >= 11 is 0. The second kappa shape index (κ2) is 14.2. The predicted octanol–water partition coefficient (Wildman–Crippen LogP) is 9.38. The van der Waals surface area contributed by atoms with Gasteiger partial charge in [-0.25, -0.2) is 0 Å². The largest absolute Gasteiger partial charge is 0.199 e. The number of rotatable bonds is 10. The van der Waals surface area contributed by atoms with Crippen molar-refractivity contribution in [2.75, 3.05) is 0 Å². The summed E-state index contributed by atoms with van der Waals surface area (Å²) in [4.78, 5) is 0. The van der Waals surface area contributed by atoms with E-state index in [2.05, 4.69) is 43.3 Å². The van der Waals surface area contributed by atoms with Crippen LogP contribution in [0.5, 0.6) is 0 Å². The van der Waals surface area contributed by atoms with E-state index in [1.807, 2.05) is 6.08 Å². The van der Waals surface area contributed by atoms with Gasteiger partial charge < -0.3 is 0 Å². The van der Waals surface area contributed by atoms with Gasteiger partial charge in [-0.05, 0) is 118 Å². The number of unbranched alkanes of at least 4 members (excludes halogenated alkanes) is 1. The zero-order chi connectivity index (χ0) is 23.3. The summed E-state index contributed by atoms with van der Waals surface area (Å²) in [7, 11) is 0. The van der Waals surface area contributed by atoms with Gasteiger partial charge in [-0.1, -0.05) is 61.9 Å². The minimum atomic E-state index is -0.719. The molecule has 1 aromatic rings. The lowest BCUT2D eigenvalue weighted by Gasteiger charge is -2.29. The van der Waals surface area contributed by atoms with E-state index < -0.39 is 5.83 Å². The molecule has 1 aromatic carbocycles. The molecule has 2 fully saturated rings. The number of halogens is 1. The number of aryl methyl sites for hydroxylation is 1. The van der Waals surface area contributed by atoms with E-state index in [9.17, 15) is 4.39 Å². The molecule has 0 heterocycles. The quantitative estimate of drug-likeness (QED) is 0.199. The van der Waals surface area contributed by atoms with Gasteiger partial charge in [0, 0.05) is 0 Å². The van der Waals surface area contributed by atoms with Crippen LogP contribution < -0.4 is 0 Å². The summed E-state index contributed by atoms with van der Waals surface area (Å²) in [6.45, 7) is 2.26. The maximum absolute atomic E-state index is 12.8. The smallest absolute Gasteiger partial charge is 0.195 e. The highest BCUT2D eigenvalue weighted by Gasteiger charge is 2.22. The Labute approximate surface area is 201 Å². The van der Waals surface area contributed by atoms with Crippen molar-refractivity contribution in [3.8, 4) is 6.07 Å². The molecule has 178 valence electrons. The van der Waals surface area contributed by atoms with Crippen molar-refractivity contribution in [1.29, 1.82) is 5.26 Å². The monoisotopic (exact) mass is 447 g/mol. The van der Waals surface area contributed by atoms with Gasteiger partial charge in [-0.15, -0.1) is 0 Å². The summed E-state index contributed by atoms with van der Waals surface area (Å²) in [6.07, 6.45) is 26.5. The highest BCUT2D eigenvalue weighted by atomic mass is 19.1. The van der Waals surface area contributed by atoms with Crippen molar-refractivity contribution in [2.45, 2.75) is 96.3 Å². The van der Waals surface area contributed by atoms with Crippen molar-refractivity contribution in [1.82, 2.24) is 0 Å². The summed E-state index contributed by atoms with van der Waals surface area (Å²) in [5, 5.41) is 8.40. The Morgan fingerprint density at radius 2 is 1.61 bits per heavy atom. The fourth-order valence-electron chi connectivity index (χ4n) is 5.58. The van der Waals surface area contributed by atoms with Crippen molar-refractivity contribution in [2.24, 2.45) is 17.8 Å². The molecular formula is C31H42FN. The molecule has 0 N–H and O–H groups in total. The van der Waals surface area contributed by atoms with Gasteiger partial charge in [-0.3, -0.25) is 0 Å². The van der Waals surface area contributed by atoms with E-state index in [1.54, 1.807) is 11.6 Å². The lowest BCUT2D eigenvalue weighted by molar-refractivity contribution is 0.295. The molecule has 2 aliphatic rings. The van der Waals surface area contributed by atoms with Gasteiger partial charge in [0.15, 0.2) is 5.83 Å². The molecule has 0 saturated heterocycles. The van der Waals surface area contributed by atoms with Gasteiger partial charge in [0.1, 0.15) is 6.07 Å². The van der Waals surface area contributed by atoms with E-state index in [0.717, 1.165) is 30.1 Å². The number of benzene rings is 1. The standard InChI is InChI=1S/C31H42FN/c1-2-3-7-25-16-20-29(21-17-25)30-22-18-28(19-23-30)15-14-27-12-10-26(11-13-27)8-5-4-6-9-31(32)24-33/h4,6,9,14-17,20-21,26-28,30H,2-3,5,7-8,10-13,18-19,22-23H2,1H3/b6-4?,15-14+,31-9?. The number of nitrogens with zero attached hydrogens (tertiary/aromatic N) is 1. The third-order valence-electron chi connectivity index (χ3n) is 7.82. The Bertz CT molecular complexity index is 809. The van der Waals surface area contributed by atoms with Gasteiger partial charge in [0.05, 0.1) is 0 Å². The van der Waals surface area contributed by atoms with E-state index >= 15 is 0 Å². The first-order valence-electron chi connectivity index (χ1n) is 13.4. The molecule has 33 heavy (non-hydrogen) atoms. The van der Waals surface area contributed by atoms with E-state index in [1.165, 1.54) is 94.8 Å². The maximum Gasteiger partial charge on any atom is 0.199 e. The molecule has 2 heteroatoms. The Hall–Kier alpha value is -2.14. The topological polar surface area (TPSA) is 23.8 Å². The normalized spacial score (nSPS) is 26.6. The lowest BCUT2D eigenvalue weighted by Crippen LogP contribution is -2.14. The van der Waals surface area contributed by atoms with E-state index in [0.29, 0.717) is 0 Å². The molecule has 0 amide bonds. The van der Waals surface area contributed by atoms with Crippen LogP contribution in [0.1, 0.15) is 101 Å². The number of allylic oxidation sites excluding steroid dienone is 6. The molecule has 0 bridgehead atoms. The van der Waals surface area contributed by atoms with Crippen LogP contribution in [0.3, 0.4) is 0 Å². The van der Waals surface area contributed by atoms with Crippen LogP contribution in [0, 0.1) is 29.1 Å². The first-order chi connectivity index (χ1) is 16.2. The average Bonchev–Trinajstić information content (AvgIpc) is 2.87. The summed E-state index contributed by atoms with van der Waals surface area (Å²) in [5.74, 6) is 2.37. The fraction of sp³-hybridized carbons (Fsp3) is 0.581. The van der Waals surface area contributed by atoms with Crippen molar-refractivity contribution in [3.05, 3.63) is 71.6 Å². The first-order valence-corrected chi connectivity index (χ1v) is 13.4. The van der Waals surface area contributed by atoms with Crippen LogP contribution in [0.15, 0.2) is 60.5 Å². The molecule has 2 aliphatic carbocycles. The van der Waals surface area contributed by atoms with Crippen molar-refractivity contribution < 1.29 is 4.39 Å². The highest BCUT2D eigenvalue weighted by molar-refractivity contribution is 5.26. The zero-order valence-electron chi connectivity index (χ0n) is 20.5. The van der Waals surface area contributed by atoms with E-state index in [4.69, 9.17) is 5.26 Å². The maximum atomic E-state index is 12.8. The molecule has 1 nitrogen and oxygen atoms in total. The molecule has 0 radical (unpaired) electrons.